The van der Waals surface area contributed by atoms with Crippen LogP contribution >= 0.6 is 15.9 Å². The van der Waals surface area contributed by atoms with Crippen LogP contribution in [-0.2, 0) is 0 Å². The Hall–Kier alpha value is -2.08. The van der Waals surface area contributed by atoms with E-state index in [1.165, 1.54) is 18.3 Å². The molecule has 92 valence electrons. The van der Waals surface area contributed by atoms with Crippen molar-refractivity contribution in [1.29, 1.82) is 0 Å². The van der Waals surface area contributed by atoms with Crippen LogP contribution in [0.25, 0.3) is 0 Å². The first-order valence-electron chi connectivity index (χ1n) is 5.11. The normalized spacial score (nSPS) is 10.1. The molecule has 6 heteroatoms. The van der Waals surface area contributed by atoms with Crippen molar-refractivity contribution in [2.24, 2.45) is 0 Å². The molecule has 0 fully saturated rings. The van der Waals surface area contributed by atoms with E-state index < -0.39 is 0 Å². The number of carbonyl (C=O) groups excluding carboxylic acids is 1. The largest absolute Gasteiger partial charge is 0.397 e. The SMILES string of the molecule is Nc1cc(Br)ccc1NC(=O)c1cc[nH]c(=O)c1. The van der Waals surface area contributed by atoms with Crippen molar-refractivity contribution in [1.82, 2.24) is 4.98 Å². The maximum absolute atomic E-state index is 11.9. The summed E-state index contributed by atoms with van der Waals surface area (Å²) in [5, 5.41) is 2.64. The Morgan fingerprint density at radius 2 is 2.06 bits per heavy atom. The first-order chi connectivity index (χ1) is 8.56. The lowest BCUT2D eigenvalue weighted by atomic mass is 10.2. The van der Waals surface area contributed by atoms with Crippen molar-refractivity contribution in [3.63, 3.8) is 0 Å². The number of H-pyrrole nitrogens is 1. The van der Waals surface area contributed by atoms with E-state index in [0.717, 1.165) is 4.47 Å². The number of nitrogen functional groups attached to an aromatic ring is 1. The molecule has 1 aromatic carbocycles. The predicted molar refractivity (Wildman–Crippen MR) is 73.6 cm³/mol. The number of aromatic amines is 1. The summed E-state index contributed by atoms with van der Waals surface area (Å²) in [6.45, 7) is 0. The summed E-state index contributed by atoms with van der Waals surface area (Å²) < 4.78 is 0.828. The summed E-state index contributed by atoms with van der Waals surface area (Å²) in [5.41, 5.74) is 6.67. The second-order valence-electron chi connectivity index (χ2n) is 3.63. The molecular weight excluding hydrogens is 298 g/mol. The Morgan fingerprint density at radius 1 is 1.28 bits per heavy atom. The second-order valence-corrected chi connectivity index (χ2v) is 4.54. The van der Waals surface area contributed by atoms with Crippen LogP contribution in [-0.4, -0.2) is 10.9 Å². The third-order valence-corrected chi connectivity index (χ3v) is 2.79. The fraction of sp³-hybridized carbons (Fsp3) is 0. The molecule has 18 heavy (non-hydrogen) atoms. The van der Waals surface area contributed by atoms with E-state index in [1.807, 2.05) is 0 Å². The van der Waals surface area contributed by atoms with Gasteiger partial charge in [-0.3, -0.25) is 9.59 Å². The molecule has 0 saturated carbocycles. The first kappa shape index (κ1) is 12.4. The monoisotopic (exact) mass is 307 g/mol. The maximum atomic E-state index is 11.9. The van der Waals surface area contributed by atoms with Crippen molar-refractivity contribution < 1.29 is 4.79 Å². The van der Waals surface area contributed by atoms with Crippen LogP contribution in [0.5, 0.6) is 0 Å². The van der Waals surface area contributed by atoms with Crippen LogP contribution in [0.1, 0.15) is 10.4 Å². The third kappa shape index (κ3) is 2.78. The number of benzene rings is 1. The molecule has 0 aliphatic heterocycles. The zero-order chi connectivity index (χ0) is 13.1. The van der Waals surface area contributed by atoms with Gasteiger partial charge >= 0.3 is 0 Å². The number of aromatic nitrogens is 1. The number of nitrogens with two attached hydrogens (primary N) is 1. The number of halogens is 1. The van der Waals surface area contributed by atoms with Gasteiger partial charge in [-0.2, -0.15) is 0 Å². The van der Waals surface area contributed by atoms with Gasteiger partial charge in [-0.15, -0.1) is 0 Å². The van der Waals surface area contributed by atoms with Crippen LogP contribution in [0.3, 0.4) is 0 Å². The Kier molecular flexibility index (Phi) is 3.47. The highest BCUT2D eigenvalue weighted by Crippen LogP contribution is 2.23. The lowest BCUT2D eigenvalue weighted by Gasteiger charge is -2.08. The molecule has 2 aromatic rings. The van der Waals surface area contributed by atoms with Crippen LogP contribution in [0.15, 0.2) is 45.8 Å². The van der Waals surface area contributed by atoms with Crippen molar-refractivity contribution >= 4 is 33.2 Å². The average Bonchev–Trinajstić information content (AvgIpc) is 2.32. The summed E-state index contributed by atoms with van der Waals surface area (Å²) >= 11 is 3.28. The molecule has 0 spiro atoms. The van der Waals surface area contributed by atoms with Crippen LogP contribution in [0.2, 0.25) is 0 Å². The number of amides is 1. The second kappa shape index (κ2) is 5.05. The number of carbonyl (C=O) groups is 1. The van der Waals surface area contributed by atoms with E-state index in [1.54, 1.807) is 18.2 Å². The summed E-state index contributed by atoms with van der Waals surface area (Å²) in [7, 11) is 0. The molecule has 1 aromatic heterocycles. The molecule has 2 rings (SSSR count). The van der Waals surface area contributed by atoms with Gasteiger partial charge in [-0.25, -0.2) is 0 Å². The zero-order valence-electron chi connectivity index (χ0n) is 9.24. The fourth-order valence-electron chi connectivity index (χ4n) is 1.43. The highest BCUT2D eigenvalue weighted by molar-refractivity contribution is 9.10. The topological polar surface area (TPSA) is 88.0 Å². The van der Waals surface area contributed by atoms with Gasteiger partial charge in [0.05, 0.1) is 11.4 Å². The van der Waals surface area contributed by atoms with E-state index in [0.29, 0.717) is 11.4 Å². The van der Waals surface area contributed by atoms with E-state index in [2.05, 4.69) is 26.2 Å². The summed E-state index contributed by atoms with van der Waals surface area (Å²) in [6, 6.07) is 7.89. The molecule has 1 amide bonds. The van der Waals surface area contributed by atoms with Gasteiger partial charge in [0.15, 0.2) is 0 Å². The molecule has 4 N–H and O–H groups in total. The van der Waals surface area contributed by atoms with Crippen molar-refractivity contribution in [3.05, 3.63) is 56.9 Å². The smallest absolute Gasteiger partial charge is 0.255 e. The Bertz CT molecular complexity index is 652. The first-order valence-corrected chi connectivity index (χ1v) is 5.90. The van der Waals surface area contributed by atoms with Gasteiger partial charge < -0.3 is 16.0 Å². The predicted octanol–water partition coefficient (Wildman–Crippen LogP) is 1.97. The van der Waals surface area contributed by atoms with Crippen LogP contribution < -0.4 is 16.6 Å². The minimum absolute atomic E-state index is 0.279. The highest BCUT2D eigenvalue weighted by atomic mass is 79.9. The Morgan fingerprint density at radius 3 is 2.72 bits per heavy atom. The molecule has 0 aliphatic rings. The minimum atomic E-state index is -0.380. The molecule has 0 radical (unpaired) electrons. The highest BCUT2D eigenvalue weighted by Gasteiger charge is 2.08. The number of pyridine rings is 1. The van der Waals surface area contributed by atoms with Gasteiger partial charge in [0.25, 0.3) is 5.91 Å². The maximum Gasteiger partial charge on any atom is 0.255 e. The fourth-order valence-corrected chi connectivity index (χ4v) is 1.81. The molecule has 1 heterocycles. The van der Waals surface area contributed by atoms with E-state index in [9.17, 15) is 9.59 Å². The number of hydrogen-bond donors (Lipinski definition) is 3. The van der Waals surface area contributed by atoms with Gasteiger partial charge in [0.2, 0.25) is 5.56 Å². The van der Waals surface area contributed by atoms with E-state index >= 15 is 0 Å². The number of rotatable bonds is 2. The van der Waals surface area contributed by atoms with Crippen LogP contribution in [0, 0.1) is 0 Å². The van der Waals surface area contributed by atoms with Crippen molar-refractivity contribution in [2.45, 2.75) is 0 Å². The molecule has 0 aliphatic carbocycles. The summed E-state index contributed by atoms with van der Waals surface area (Å²) in [4.78, 5) is 25.4. The Labute approximate surface area is 111 Å². The summed E-state index contributed by atoms with van der Waals surface area (Å²) in [6.07, 6.45) is 1.42. The molecule has 0 unspecified atom stereocenters. The lowest BCUT2D eigenvalue weighted by molar-refractivity contribution is 0.102. The van der Waals surface area contributed by atoms with Gasteiger partial charge in [0, 0.05) is 22.3 Å². The lowest BCUT2D eigenvalue weighted by Crippen LogP contribution is -2.16. The van der Waals surface area contributed by atoms with Gasteiger partial charge in [0.1, 0.15) is 0 Å². The molecule has 5 nitrogen and oxygen atoms in total. The van der Waals surface area contributed by atoms with Gasteiger partial charge in [-0.05, 0) is 24.3 Å². The molecular formula is C12H10BrN3O2. The standard InChI is InChI=1S/C12H10BrN3O2/c13-8-1-2-10(9(14)6-8)16-12(18)7-3-4-15-11(17)5-7/h1-6H,14H2,(H,15,17)(H,16,18). The van der Waals surface area contributed by atoms with Gasteiger partial charge in [-0.1, -0.05) is 15.9 Å². The van der Waals surface area contributed by atoms with Crippen molar-refractivity contribution in [2.75, 3.05) is 11.1 Å². The average molecular weight is 308 g/mol. The number of nitrogens with one attached hydrogen (secondary N) is 2. The quantitative estimate of drug-likeness (QED) is 0.741. The number of anilines is 2. The number of hydrogen-bond acceptors (Lipinski definition) is 3. The van der Waals surface area contributed by atoms with E-state index in [-0.39, 0.29) is 17.0 Å². The molecule has 0 bridgehead atoms. The van der Waals surface area contributed by atoms with Crippen LogP contribution in [0.4, 0.5) is 11.4 Å². The summed E-state index contributed by atoms with van der Waals surface area (Å²) in [5.74, 6) is -0.380. The van der Waals surface area contributed by atoms with E-state index in [4.69, 9.17) is 5.73 Å². The zero-order valence-corrected chi connectivity index (χ0v) is 10.8. The minimum Gasteiger partial charge on any atom is -0.397 e. The third-order valence-electron chi connectivity index (χ3n) is 2.30. The Balaban J connectivity index is 2.24. The molecule has 0 saturated heterocycles. The molecule has 0 atom stereocenters. The van der Waals surface area contributed by atoms with Crippen molar-refractivity contribution in [3.8, 4) is 0 Å².